The number of hydrogen-bond donors (Lipinski definition) is 2. The number of nitrogens with one attached hydrogen (secondary N) is 2. The number of nitrogens with zero attached hydrogens (tertiary/aromatic N) is 1. The molecule has 6 aromatic rings. The lowest BCUT2D eigenvalue weighted by molar-refractivity contribution is 0.433. The van der Waals surface area contributed by atoms with Gasteiger partial charge in [-0.15, -0.1) is 0 Å². The van der Waals surface area contributed by atoms with E-state index in [2.05, 4.69) is 156 Å². The van der Waals surface area contributed by atoms with E-state index in [4.69, 9.17) is 4.74 Å². The van der Waals surface area contributed by atoms with E-state index in [9.17, 15) is 5.26 Å². The van der Waals surface area contributed by atoms with Crippen molar-refractivity contribution in [2.24, 2.45) is 0 Å². The van der Waals surface area contributed by atoms with Crippen LogP contribution >= 0.6 is 0 Å². The molecule has 0 amide bonds. The highest BCUT2D eigenvalue weighted by molar-refractivity contribution is 5.90. The number of nitriles is 1. The normalized spacial score (nSPS) is 17.6. The molecule has 4 heteroatoms. The van der Waals surface area contributed by atoms with Gasteiger partial charge in [0.2, 0.25) is 0 Å². The third kappa shape index (κ3) is 4.36. The summed E-state index contributed by atoms with van der Waals surface area (Å²) in [6.07, 6.45) is 8.75. The first-order chi connectivity index (χ1) is 23.7. The van der Waals surface area contributed by atoms with E-state index < -0.39 is 5.41 Å². The van der Waals surface area contributed by atoms with Gasteiger partial charge in [0.15, 0.2) is 0 Å². The molecule has 3 heterocycles. The molecule has 3 aliphatic rings. The van der Waals surface area contributed by atoms with Crippen LogP contribution in [0.15, 0.2) is 152 Å². The molecule has 2 unspecified atom stereocenters. The van der Waals surface area contributed by atoms with Crippen molar-refractivity contribution in [2.45, 2.75) is 17.5 Å². The lowest BCUT2D eigenvalue weighted by atomic mass is 9.63. The monoisotopic (exact) mass is 617 g/mol. The second kappa shape index (κ2) is 11.2. The first kappa shape index (κ1) is 28.0. The van der Waals surface area contributed by atoms with Gasteiger partial charge in [-0.2, -0.15) is 5.26 Å². The molecule has 0 saturated heterocycles. The van der Waals surface area contributed by atoms with Crippen molar-refractivity contribution in [1.29, 1.82) is 5.26 Å². The number of rotatable bonds is 4. The van der Waals surface area contributed by atoms with Crippen LogP contribution in [0, 0.1) is 11.3 Å². The van der Waals surface area contributed by atoms with E-state index in [-0.39, 0.29) is 12.1 Å². The van der Waals surface area contributed by atoms with Crippen LogP contribution in [0.1, 0.15) is 62.2 Å². The van der Waals surface area contributed by atoms with E-state index in [0.29, 0.717) is 5.56 Å². The van der Waals surface area contributed by atoms with Crippen molar-refractivity contribution >= 4 is 23.5 Å². The second-order valence-electron chi connectivity index (χ2n) is 12.5. The third-order valence-electron chi connectivity index (χ3n) is 9.87. The Labute approximate surface area is 280 Å². The Balaban J connectivity index is 1.13. The minimum Gasteiger partial charge on any atom is -0.457 e. The molecular formula is C44H31N3O. The molecule has 0 aromatic heterocycles. The van der Waals surface area contributed by atoms with Crippen LogP contribution in [0.4, 0.5) is 11.4 Å². The van der Waals surface area contributed by atoms with Gasteiger partial charge in [-0.3, -0.25) is 0 Å². The number of fused-ring (bicyclic) bond motifs is 5. The lowest BCUT2D eigenvalue weighted by Crippen LogP contribution is -2.34. The van der Waals surface area contributed by atoms with Crippen LogP contribution in [-0.4, -0.2) is 0 Å². The average Bonchev–Trinajstić information content (AvgIpc) is 3.17. The molecule has 6 aromatic carbocycles. The SMILES string of the molecule is N#Cc1cccc(C2C=Cc3ccc4c(c3N2)NC(c2ccc3c(c2)Oc2ccccc2C3(c2ccccc2)c2ccccc2)C=C4)c1. The Hall–Kier alpha value is -6.31. The Morgan fingerprint density at radius 2 is 1.12 bits per heavy atom. The fraction of sp³-hybridized carbons (Fsp3) is 0.0682. The molecule has 0 bridgehead atoms. The van der Waals surface area contributed by atoms with Gasteiger partial charge in [-0.25, -0.2) is 0 Å². The quantitative estimate of drug-likeness (QED) is 0.206. The summed E-state index contributed by atoms with van der Waals surface area (Å²) in [6.45, 7) is 0. The summed E-state index contributed by atoms with van der Waals surface area (Å²) in [6, 6.07) is 50.9. The lowest BCUT2D eigenvalue weighted by Gasteiger charge is -2.41. The molecule has 228 valence electrons. The summed E-state index contributed by atoms with van der Waals surface area (Å²) < 4.78 is 6.75. The molecule has 2 atom stereocenters. The Kier molecular flexibility index (Phi) is 6.52. The van der Waals surface area contributed by atoms with Gasteiger partial charge < -0.3 is 15.4 Å². The third-order valence-corrected chi connectivity index (χ3v) is 9.87. The minimum atomic E-state index is -0.541. The van der Waals surface area contributed by atoms with Crippen molar-refractivity contribution in [3.63, 3.8) is 0 Å². The summed E-state index contributed by atoms with van der Waals surface area (Å²) in [5.74, 6) is 1.72. The summed E-state index contributed by atoms with van der Waals surface area (Å²) in [4.78, 5) is 0. The molecule has 3 aliphatic heterocycles. The van der Waals surface area contributed by atoms with Gasteiger partial charge in [0.05, 0.1) is 40.5 Å². The Bertz CT molecular complexity index is 2260. The van der Waals surface area contributed by atoms with E-state index in [1.807, 2.05) is 24.3 Å². The maximum Gasteiger partial charge on any atom is 0.132 e. The van der Waals surface area contributed by atoms with Crippen LogP contribution in [0.5, 0.6) is 11.5 Å². The summed E-state index contributed by atoms with van der Waals surface area (Å²) >= 11 is 0. The van der Waals surface area contributed by atoms with Crippen LogP contribution in [0.2, 0.25) is 0 Å². The summed E-state index contributed by atoms with van der Waals surface area (Å²) in [7, 11) is 0. The number of benzene rings is 6. The maximum absolute atomic E-state index is 9.47. The van der Waals surface area contributed by atoms with Crippen molar-refractivity contribution in [3.8, 4) is 17.6 Å². The molecule has 4 nitrogen and oxygen atoms in total. The van der Waals surface area contributed by atoms with Gasteiger partial charge in [-0.05, 0) is 57.6 Å². The maximum atomic E-state index is 9.47. The van der Waals surface area contributed by atoms with Crippen molar-refractivity contribution in [3.05, 3.63) is 202 Å². The van der Waals surface area contributed by atoms with Crippen molar-refractivity contribution < 1.29 is 4.74 Å². The molecule has 0 fully saturated rings. The fourth-order valence-electron chi connectivity index (χ4n) is 7.64. The van der Waals surface area contributed by atoms with Gasteiger partial charge in [0.25, 0.3) is 0 Å². The van der Waals surface area contributed by atoms with E-state index in [1.54, 1.807) is 0 Å². The molecular weight excluding hydrogens is 587 g/mol. The van der Waals surface area contributed by atoms with E-state index >= 15 is 0 Å². The van der Waals surface area contributed by atoms with Crippen LogP contribution in [0.25, 0.3) is 12.2 Å². The highest BCUT2D eigenvalue weighted by Crippen LogP contribution is 2.55. The predicted molar refractivity (Wildman–Crippen MR) is 193 cm³/mol. The highest BCUT2D eigenvalue weighted by Gasteiger charge is 2.45. The van der Waals surface area contributed by atoms with E-state index in [0.717, 1.165) is 56.3 Å². The topological polar surface area (TPSA) is 57.1 Å². The molecule has 0 saturated carbocycles. The van der Waals surface area contributed by atoms with E-state index in [1.165, 1.54) is 11.1 Å². The molecule has 0 aliphatic carbocycles. The summed E-state index contributed by atoms with van der Waals surface area (Å²) in [5, 5.41) is 17.1. The smallest absolute Gasteiger partial charge is 0.132 e. The molecule has 48 heavy (non-hydrogen) atoms. The molecule has 0 spiro atoms. The highest BCUT2D eigenvalue weighted by atomic mass is 16.5. The van der Waals surface area contributed by atoms with Gasteiger partial charge in [-0.1, -0.05) is 140 Å². The molecule has 9 rings (SSSR count). The summed E-state index contributed by atoms with van der Waals surface area (Å²) in [5.41, 5.74) is 11.3. The standard InChI is InChI=1S/C44H31N3O/c45-28-29-10-9-11-32(26-29)38-24-21-30-18-19-31-22-25-39(47-43(31)42(30)46-38)33-20-23-37-41(27-33)48-40-17-8-7-16-36(40)44(37,34-12-3-1-4-13-34)35-14-5-2-6-15-35/h1-27,38-39,46-47H. The Morgan fingerprint density at radius 1 is 0.542 bits per heavy atom. The first-order valence-electron chi connectivity index (χ1n) is 16.3. The van der Waals surface area contributed by atoms with Gasteiger partial charge >= 0.3 is 0 Å². The van der Waals surface area contributed by atoms with Crippen molar-refractivity contribution in [2.75, 3.05) is 10.6 Å². The van der Waals surface area contributed by atoms with Crippen LogP contribution in [-0.2, 0) is 5.41 Å². The Morgan fingerprint density at radius 3 is 1.77 bits per heavy atom. The number of para-hydroxylation sites is 1. The predicted octanol–water partition coefficient (Wildman–Crippen LogP) is 10.4. The van der Waals surface area contributed by atoms with Gasteiger partial charge in [0, 0.05) is 11.1 Å². The molecule has 0 radical (unpaired) electrons. The number of anilines is 2. The average molecular weight is 618 g/mol. The second-order valence-corrected chi connectivity index (χ2v) is 12.5. The van der Waals surface area contributed by atoms with Gasteiger partial charge in [0.1, 0.15) is 11.5 Å². The number of hydrogen-bond acceptors (Lipinski definition) is 4. The largest absolute Gasteiger partial charge is 0.457 e. The molecule has 2 N–H and O–H groups in total. The first-order valence-corrected chi connectivity index (χ1v) is 16.3. The number of ether oxygens (including phenoxy) is 1. The van der Waals surface area contributed by atoms with Crippen molar-refractivity contribution in [1.82, 2.24) is 0 Å². The fourth-order valence-corrected chi connectivity index (χ4v) is 7.64. The van der Waals surface area contributed by atoms with Crippen LogP contribution in [0.3, 0.4) is 0 Å². The minimum absolute atomic E-state index is 0.0373. The zero-order valence-electron chi connectivity index (χ0n) is 26.1. The zero-order chi connectivity index (χ0) is 32.1. The zero-order valence-corrected chi connectivity index (χ0v) is 26.1. The van der Waals surface area contributed by atoms with Crippen LogP contribution < -0.4 is 15.4 Å².